The van der Waals surface area contributed by atoms with Crippen LogP contribution in [0.15, 0.2) is 0 Å². The van der Waals surface area contributed by atoms with Gasteiger partial charge in [0.2, 0.25) is 0 Å². The van der Waals surface area contributed by atoms with Crippen molar-refractivity contribution in [2.24, 2.45) is 5.73 Å². The third-order valence-corrected chi connectivity index (χ3v) is 1.71. The predicted molar refractivity (Wildman–Crippen MR) is 50.4 cm³/mol. The molecule has 7 heteroatoms. The topological polar surface area (TPSA) is 121 Å². The molecule has 0 rings (SSSR count). The molecule has 0 aromatic heterocycles. The summed E-state index contributed by atoms with van der Waals surface area (Å²) < 4.78 is 0. The normalized spacial score (nSPS) is 12.5. The fourth-order valence-corrected chi connectivity index (χ4v) is 1.14. The van der Waals surface area contributed by atoms with Crippen LogP contribution in [-0.2, 0) is 14.4 Å². The zero-order valence-electron chi connectivity index (χ0n) is 8.34. The monoisotopic (exact) mass is 218 g/mol. The van der Waals surface area contributed by atoms with Gasteiger partial charge in [0.05, 0.1) is 13.1 Å². The standard InChI is InChI=1S/C8H14N2O5/c1-5(11)3-10(4-7(12)13)6(2-9)8(14)15/h6H,2-4,9H2,1H3,(H,12,13)(H,14,15)/t6-/m0/s1. The molecule has 0 aliphatic carbocycles. The van der Waals surface area contributed by atoms with Crippen LogP contribution in [0.5, 0.6) is 0 Å². The lowest BCUT2D eigenvalue weighted by Gasteiger charge is -2.24. The molecule has 0 aromatic rings. The zero-order chi connectivity index (χ0) is 12.0. The van der Waals surface area contributed by atoms with Crippen molar-refractivity contribution in [2.75, 3.05) is 19.6 Å². The van der Waals surface area contributed by atoms with E-state index in [-0.39, 0.29) is 18.9 Å². The third kappa shape index (κ3) is 5.08. The van der Waals surface area contributed by atoms with Gasteiger partial charge in [0.25, 0.3) is 0 Å². The van der Waals surface area contributed by atoms with Crippen molar-refractivity contribution in [3.63, 3.8) is 0 Å². The Labute approximate surface area is 86.5 Å². The highest BCUT2D eigenvalue weighted by Gasteiger charge is 2.26. The van der Waals surface area contributed by atoms with E-state index in [9.17, 15) is 14.4 Å². The molecule has 7 nitrogen and oxygen atoms in total. The van der Waals surface area contributed by atoms with Gasteiger partial charge in [0.1, 0.15) is 11.8 Å². The van der Waals surface area contributed by atoms with E-state index in [1.807, 2.05) is 0 Å². The Kier molecular flexibility index (Phi) is 5.50. The summed E-state index contributed by atoms with van der Waals surface area (Å²) in [5.74, 6) is -2.74. The number of hydrogen-bond acceptors (Lipinski definition) is 5. The van der Waals surface area contributed by atoms with E-state index >= 15 is 0 Å². The molecule has 0 amide bonds. The van der Waals surface area contributed by atoms with Gasteiger partial charge in [0, 0.05) is 6.54 Å². The second kappa shape index (κ2) is 6.10. The van der Waals surface area contributed by atoms with E-state index in [4.69, 9.17) is 15.9 Å². The van der Waals surface area contributed by atoms with E-state index in [1.54, 1.807) is 0 Å². The second-order valence-electron chi connectivity index (χ2n) is 3.09. The van der Waals surface area contributed by atoms with Crippen molar-refractivity contribution in [3.8, 4) is 0 Å². The van der Waals surface area contributed by atoms with Crippen LogP contribution in [0.2, 0.25) is 0 Å². The quantitative estimate of drug-likeness (QED) is 0.469. The summed E-state index contributed by atoms with van der Waals surface area (Å²) in [5, 5.41) is 17.3. The van der Waals surface area contributed by atoms with Crippen molar-refractivity contribution in [2.45, 2.75) is 13.0 Å². The number of Topliss-reactive ketones (excluding diaryl/α,β-unsaturated/α-hetero) is 1. The Morgan fingerprint density at radius 1 is 1.27 bits per heavy atom. The molecule has 0 saturated carbocycles. The van der Waals surface area contributed by atoms with Gasteiger partial charge in [-0.05, 0) is 6.92 Å². The highest BCUT2D eigenvalue weighted by Crippen LogP contribution is 1.99. The highest BCUT2D eigenvalue weighted by atomic mass is 16.4. The lowest BCUT2D eigenvalue weighted by Crippen LogP contribution is -2.49. The number of rotatable bonds is 7. The molecule has 0 aromatic carbocycles. The first-order valence-corrected chi connectivity index (χ1v) is 4.26. The number of carboxylic acids is 2. The molecule has 86 valence electrons. The summed E-state index contributed by atoms with van der Waals surface area (Å²) in [7, 11) is 0. The van der Waals surface area contributed by atoms with Crippen LogP contribution in [0, 0.1) is 0 Å². The zero-order valence-corrected chi connectivity index (χ0v) is 8.34. The highest BCUT2D eigenvalue weighted by molar-refractivity contribution is 5.81. The van der Waals surface area contributed by atoms with E-state index in [1.165, 1.54) is 6.92 Å². The molecule has 4 N–H and O–H groups in total. The smallest absolute Gasteiger partial charge is 0.322 e. The van der Waals surface area contributed by atoms with Gasteiger partial charge >= 0.3 is 11.9 Å². The molecule has 0 unspecified atom stereocenters. The fraction of sp³-hybridized carbons (Fsp3) is 0.625. The van der Waals surface area contributed by atoms with Crippen LogP contribution >= 0.6 is 0 Å². The van der Waals surface area contributed by atoms with Crippen LogP contribution in [0.25, 0.3) is 0 Å². The van der Waals surface area contributed by atoms with Gasteiger partial charge < -0.3 is 15.9 Å². The Hall–Kier alpha value is -1.47. The average Bonchev–Trinajstić information content (AvgIpc) is 2.01. The molecule has 1 atom stereocenters. The molecule has 0 aliphatic heterocycles. The van der Waals surface area contributed by atoms with Gasteiger partial charge in [-0.2, -0.15) is 0 Å². The summed E-state index contributed by atoms with van der Waals surface area (Å²) >= 11 is 0. The number of carboxylic acid groups (broad SMARTS) is 2. The number of hydrogen-bond donors (Lipinski definition) is 3. The van der Waals surface area contributed by atoms with E-state index in [2.05, 4.69) is 0 Å². The lowest BCUT2D eigenvalue weighted by atomic mass is 10.2. The molecule has 0 radical (unpaired) electrons. The summed E-state index contributed by atoms with van der Waals surface area (Å²) in [5.41, 5.74) is 5.20. The van der Waals surface area contributed by atoms with Crippen molar-refractivity contribution in [3.05, 3.63) is 0 Å². The van der Waals surface area contributed by atoms with Crippen LogP contribution in [0.3, 0.4) is 0 Å². The molecule has 15 heavy (non-hydrogen) atoms. The summed E-state index contributed by atoms with van der Waals surface area (Å²) in [6.07, 6.45) is 0. The Morgan fingerprint density at radius 3 is 2.07 bits per heavy atom. The predicted octanol–water partition coefficient (Wildman–Crippen LogP) is -1.63. The van der Waals surface area contributed by atoms with Crippen LogP contribution in [0.1, 0.15) is 6.92 Å². The maximum atomic E-state index is 10.8. The summed E-state index contributed by atoms with van der Waals surface area (Å²) in [6.45, 7) is 0.258. The van der Waals surface area contributed by atoms with E-state index < -0.39 is 24.5 Å². The minimum Gasteiger partial charge on any atom is -0.480 e. The van der Waals surface area contributed by atoms with Crippen LogP contribution in [0.4, 0.5) is 0 Å². The average molecular weight is 218 g/mol. The summed E-state index contributed by atoms with van der Waals surface area (Å²) in [4.78, 5) is 33.0. The Bertz CT molecular complexity index is 250. The largest absolute Gasteiger partial charge is 0.480 e. The van der Waals surface area contributed by atoms with Crippen molar-refractivity contribution < 1.29 is 24.6 Å². The minimum absolute atomic E-state index is 0.236. The molecular weight excluding hydrogens is 204 g/mol. The number of nitrogens with zero attached hydrogens (tertiary/aromatic N) is 1. The van der Waals surface area contributed by atoms with Crippen molar-refractivity contribution in [1.29, 1.82) is 0 Å². The molecule has 0 saturated heterocycles. The van der Waals surface area contributed by atoms with E-state index in [0.29, 0.717) is 0 Å². The molecule has 0 bridgehead atoms. The molecule has 0 heterocycles. The van der Waals surface area contributed by atoms with Crippen LogP contribution in [-0.4, -0.2) is 58.5 Å². The molecular formula is C8H14N2O5. The van der Waals surface area contributed by atoms with Crippen molar-refractivity contribution >= 4 is 17.7 Å². The molecule has 0 fully saturated rings. The Morgan fingerprint density at radius 2 is 1.80 bits per heavy atom. The number of carbonyl (C=O) groups is 3. The molecule has 0 spiro atoms. The number of nitrogens with two attached hydrogens (primary N) is 1. The first-order chi connectivity index (χ1) is 6.88. The third-order valence-electron chi connectivity index (χ3n) is 1.71. The van der Waals surface area contributed by atoms with Crippen LogP contribution < -0.4 is 5.73 Å². The van der Waals surface area contributed by atoms with Gasteiger partial charge in [-0.3, -0.25) is 19.3 Å². The first kappa shape index (κ1) is 13.5. The van der Waals surface area contributed by atoms with Gasteiger partial charge in [-0.15, -0.1) is 0 Å². The van der Waals surface area contributed by atoms with Gasteiger partial charge in [0.15, 0.2) is 0 Å². The maximum absolute atomic E-state index is 10.8. The van der Waals surface area contributed by atoms with Crippen molar-refractivity contribution in [1.82, 2.24) is 4.90 Å². The lowest BCUT2D eigenvalue weighted by molar-refractivity contribution is -0.146. The van der Waals surface area contributed by atoms with Gasteiger partial charge in [-0.1, -0.05) is 0 Å². The Balaban J connectivity index is 4.64. The fourth-order valence-electron chi connectivity index (χ4n) is 1.14. The number of carbonyl (C=O) groups excluding carboxylic acids is 1. The number of ketones is 1. The SMILES string of the molecule is CC(=O)CN(CC(=O)O)[C@@H](CN)C(=O)O. The maximum Gasteiger partial charge on any atom is 0.322 e. The number of aliphatic carboxylic acids is 2. The summed E-state index contributed by atoms with van der Waals surface area (Å²) in [6, 6.07) is -1.15. The second-order valence-corrected chi connectivity index (χ2v) is 3.09. The first-order valence-electron chi connectivity index (χ1n) is 4.26. The minimum atomic E-state index is -1.24. The van der Waals surface area contributed by atoms with E-state index in [0.717, 1.165) is 4.90 Å². The molecule has 0 aliphatic rings. The van der Waals surface area contributed by atoms with Gasteiger partial charge in [-0.25, -0.2) is 0 Å².